The van der Waals surface area contributed by atoms with E-state index < -0.39 is 10.8 Å². The summed E-state index contributed by atoms with van der Waals surface area (Å²) in [4.78, 5) is 4.74. The van der Waals surface area contributed by atoms with Gasteiger partial charge in [0.15, 0.2) is 0 Å². The molecular weight excluding hydrogens is 1400 g/mol. The minimum atomic E-state index is -0.437. The third-order valence-corrected chi connectivity index (χ3v) is 24.3. The summed E-state index contributed by atoms with van der Waals surface area (Å²) < 4.78 is 0. The van der Waals surface area contributed by atoms with E-state index in [-0.39, 0.29) is 0 Å². The fourth-order valence-corrected chi connectivity index (χ4v) is 19.5. The summed E-state index contributed by atoms with van der Waals surface area (Å²) in [7, 11) is 0. The Bertz CT molecular complexity index is 6380. The average molecular weight is 1480 g/mol. The number of hydrogen-bond donors (Lipinski definition) is 0. The first-order chi connectivity index (χ1) is 57.6. The molecule has 22 rings (SSSR count). The van der Waals surface area contributed by atoms with Gasteiger partial charge in [0.2, 0.25) is 0 Å². The molecule has 0 saturated heterocycles. The monoisotopic (exact) mass is 1470 g/mol. The van der Waals surface area contributed by atoms with Crippen LogP contribution in [-0.2, 0) is 10.8 Å². The molecule has 0 atom stereocenters. The normalized spacial score (nSPS) is 12.6. The maximum Gasteiger partial charge on any atom is 0.0713 e. The van der Waals surface area contributed by atoms with E-state index in [1.54, 1.807) is 0 Å². The molecule has 0 bridgehead atoms. The van der Waals surface area contributed by atoms with Crippen molar-refractivity contribution in [2.75, 3.05) is 9.80 Å². The first-order valence-electron chi connectivity index (χ1n) is 40.2. The van der Waals surface area contributed by atoms with E-state index in [1.165, 1.54) is 154 Å². The van der Waals surface area contributed by atoms with Crippen LogP contribution in [0.1, 0.15) is 44.5 Å². The second-order valence-electron chi connectivity index (χ2n) is 30.4. The quantitative estimate of drug-likeness (QED) is 0.100. The molecule has 0 N–H and O–H groups in total. The van der Waals surface area contributed by atoms with Gasteiger partial charge in [-0.25, -0.2) is 0 Å². The Hall–Kier alpha value is -15.0. The summed E-state index contributed by atoms with van der Waals surface area (Å²) in [5, 5.41) is 10.1. The van der Waals surface area contributed by atoms with Gasteiger partial charge < -0.3 is 9.80 Å². The van der Waals surface area contributed by atoms with Crippen LogP contribution in [0.2, 0.25) is 0 Å². The van der Waals surface area contributed by atoms with Gasteiger partial charge in [0.25, 0.3) is 0 Å². The third kappa shape index (κ3) is 11.4. The van der Waals surface area contributed by atoms with E-state index in [4.69, 9.17) is 0 Å². The summed E-state index contributed by atoms with van der Waals surface area (Å²) >= 11 is 0. The number of rotatable bonds is 14. The molecule has 0 aromatic heterocycles. The second-order valence-corrected chi connectivity index (χ2v) is 30.4. The molecule has 2 aliphatic rings. The van der Waals surface area contributed by atoms with Gasteiger partial charge in [-0.1, -0.05) is 400 Å². The van der Waals surface area contributed by atoms with E-state index in [1.807, 2.05) is 0 Å². The van der Waals surface area contributed by atoms with Gasteiger partial charge >= 0.3 is 0 Å². The highest BCUT2D eigenvalue weighted by Gasteiger charge is 2.47. The first kappa shape index (κ1) is 69.0. The van der Waals surface area contributed by atoms with Crippen LogP contribution in [0.5, 0.6) is 0 Å². The average Bonchev–Trinajstić information content (AvgIpc) is 1.54. The van der Waals surface area contributed by atoms with Crippen LogP contribution >= 0.6 is 0 Å². The minimum absolute atomic E-state index is 0.437. The van der Waals surface area contributed by atoms with Crippen molar-refractivity contribution in [3.05, 3.63) is 518 Å². The minimum Gasteiger partial charge on any atom is -0.311 e. The van der Waals surface area contributed by atoms with Crippen molar-refractivity contribution in [3.8, 4) is 66.8 Å². The van der Waals surface area contributed by atoms with Crippen molar-refractivity contribution < 1.29 is 0 Å². The number of nitrogens with zero attached hydrogens (tertiary/aromatic N) is 2. The SMILES string of the molecule is c1ccc(-c2c3ccccc3c(-c3ccc(N(c4ccccc4)c4ccc(C5(c6ccccc6)c6ccccc6-c6ccccc65)cc4)cc3)c3ccccc23)cc1.c1ccc(-c2c3ccccc3c(-c3ccc(N(c4ccccc4)c4ccc(C5(c6ccccc6)c6ccccc6-c6ccccc65)cc4)cc3)c3ccccc23)cc1. The predicted octanol–water partition coefficient (Wildman–Crippen LogP) is 30.3. The Balaban J connectivity index is 0.000000145. The lowest BCUT2D eigenvalue weighted by atomic mass is 9.68. The summed E-state index contributed by atoms with van der Waals surface area (Å²) in [6.07, 6.45) is 0. The number of hydrogen-bond acceptors (Lipinski definition) is 2. The predicted molar refractivity (Wildman–Crippen MR) is 489 cm³/mol. The van der Waals surface area contributed by atoms with Crippen molar-refractivity contribution in [2.45, 2.75) is 10.8 Å². The van der Waals surface area contributed by atoms with Gasteiger partial charge in [-0.3, -0.25) is 0 Å². The molecule has 20 aromatic rings. The zero-order chi connectivity index (χ0) is 76.9. The Kier molecular flexibility index (Phi) is 17.4. The molecule has 0 unspecified atom stereocenters. The molecule has 0 saturated carbocycles. The first-order valence-corrected chi connectivity index (χ1v) is 40.2. The van der Waals surface area contributed by atoms with Crippen LogP contribution in [0.4, 0.5) is 34.1 Å². The van der Waals surface area contributed by atoms with E-state index in [9.17, 15) is 0 Å². The number of anilines is 6. The molecule has 0 fully saturated rings. The molecule has 0 aliphatic heterocycles. The maximum atomic E-state index is 2.37. The van der Waals surface area contributed by atoms with Crippen LogP contribution in [0.15, 0.2) is 473 Å². The zero-order valence-electron chi connectivity index (χ0n) is 63.9. The van der Waals surface area contributed by atoms with Gasteiger partial charge in [-0.2, -0.15) is 0 Å². The highest BCUT2D eigenvalue weighted by Crippen LogP contribution is 2.59. The Morgan fingerprint density at radius 1 is 0.129 bits per heavy atom. The van der Waals surface area contributed by atoms with Gasteiger partial charge in [-0.15, -0.1) is 0 Å². The fourth-order valence-electron chi connectivity index (χ4n) is 19.5. The topological polar surface area (TPSA) is 6.48 Å². The molecule has 0 heterocycles. The lowest BCUT2D eigenvalue weighted by Gasteiger charge is -2.34. The summed E-state index contributed by atoms with van der Waals surface area (Å²) in [6.45, 7) is 0. The van der Waals surface area contributed by atoms with E-state index in [0.29, 0.717) is 0 Å². The smallest absolute Gasteiger partial charge is 0.0713 e. The maximum absolute atomic E-state index is 2.37. The van der Waals surface area contributed by atoms with E-state index in [0.717, 1.165) is 34.1 Å². The van der Waals surface area contributed by atoms with Crippen LogP contribution in [0.25, 0.3) is 110 Å². The highest BCUT2D eigenvalue weighted by molar-refractivity contribution is 6.23. The molecular formula is C114H78N2. The molecule has 0 spiro atoms. The number of fused-ring (bicyclic) bond motifs is 10. The summed E-state index contributed by atoms with van der Waals surface area (Å²) in [5.41, 5.74) is 31.2. The molecule has 20 aromatic carbocycles. The highest BCUT2D eigenvalue weighted by atomic mass is 15.1. The second kappa shape index (κ2) is 29.3. The molecule has 2 nitrogen and oxygen atoms in total. The van der Waals surface area contributed by atoms with E-state index >= 15 is 0 Å². The zero-order valence-corrected chi connectivity index (χ0v) is 63.9. The Morgan fingerprint density at radius 2 is 0.302 bits per heavy atom. The molecule has 0 radical (unpaired) electrons. The number of para-hydroxylation sites is 2. The van der Waals surface area contributed by atoms with Crippen LogP contribution in [0, 0.1) is 0 Å². The largest absolute Gasteiger partial charge is 0.311 e. The summed E-state index contributed by atoms with van der Waals surface area (Å²) in [5.74, 6) is 0. The molecule has 0 amide bonds. The van der Waals surface area contributed by atoms with Crippen LogP contribution in [0.3, 0.4) is 0 Å². The number of benzene rings is 20. The van der Waals surface area contributed by atoms with E-state index in [2.05, 4.69) is 483 Å². The Morgan fingerprint density at radius 3 is 0.552 bits per heavy atom. The van der Waals surface area contributed by atoms with Crippen molar-refractivity contribution >= 4 is 77.2 Å². The van der Waals surface area contributed by atoms with Crippen molar-refractivity contribution in [3.63, 3.8) is 0 Å². The lowest BCUT2D eigenvalue weighted by molar-refractivity contribution is 0.768. The van der Waals surface area contributed by atoms with Gasteiger partial charge in [-0.05, 0) is 227 Å². The molecule has 116 heavy (non-hydrogen) atoms. The van der Waals surface area contributed by atoms with Crippen LogP contribution in [-0.4, -0.2) is 0 Å². The standard InChI is InChI=1S/2C57H39N/c2*1-4-18-40(19-5-1)55-49-26-10-12-28-51(49)56(52-29-13-11-27-50(52)55)41-32-36-45(37-33-41)58(44-22-8-3-9-23-44)46-38-34-43(35-39-46)57(42-20-6-2-7-21-42)53-30-16-14-24-47(53)48-25-15-17-31-54(48)57/h2*1-39H. The lowest BCUT2D eigenvalue weighted by Crippen LogP contribution is -2.28. The van der Waals surface area contributed by atoms with Crippen molar-refractivity contribution in [1.29, 1.82) is 0 Å². The Labute approximate surface area is 677 Å². The molecule has 544 valence electrons. The fraction of sp³-hybridized carbons (Fsp3) is 0.0175. The van der Waals surface area contributed by atoms with Crippen LogP contribution < -0.4 is 9.80 Å². The third-order valence-electron chi connectivity index (χ3n) is 24.3. The molecule has 2 aliphatic carbocycles. The van der Waals surface area contributed by atoms with Gasteiger partial charge in [0.05, 0.1) is 10.8 Å². The molecule has 2 heteroatoms. The van der Waals surface area contributed by atoms with Crippen molar-refractivity contribution in [2.24, 2.45) is 0 Å². The van der Waals surface area contributed by atoms with Crippen molar-refractivity contribution in [1.82, 2.24) is 0 Å². The van der Waals surface area contributed by atoms with Gasteiger partial charge in [0, 0.05) is 34.1 Å². The van der Waals surface area contributed by atoms with Gasteiger partial charge in [0.1, 0.15) is 0 Å². The summed E-state index contributed by atoms with van der Waals surface area (Å²) in [6, 6.07) is 173.